The zero-order valence-corrected chi connectivity index (χ0v) is 24.0. The van der Waals surface area contributed by atoms with Crippen LogP contribution in [-0.2, 0) is 10.0 Å². The SMILES string of the molecule is CC(C)CN(CC(O)C1CCCCCCCCOc2c(O)cccc2C(=O)N1)S(=O)(=O)c1ccc2c(c1)OCO2. The van der Waals surface area contributed by atoms with Gasteiger partial charge in [-0.1, -0.05) is 52.0 Å². The minimum absolute atomic E-state index is 0.0124. The standard InChI is InChI=1S/C29H40N2O8S/c1-20(2)17-31(40(35,36)21-13-14-26-27(16-21)39-19-38-26)18-25(33)23-11-7-5-3-4-6-8-15-37-28-22(29(34)30-23)10-9-12-24(28)32/h9-10,12-14,16,20,23,25,32-33H,3-8,11,15,17-19H2,1-2H3,(H,30,34). The average molecular weight is 577 g/mol. The quantitative estimate of drug-likeness (QED) is 0.450. The van der Waals surface area contributed by atoms with E-state index in [-0.39, 0.29) is 47.8 Å². The highest BCUT2D eigenvalue weighted by Gasteiger charge is 2.32. The predicted octanol–water partition coefficient (Wildman–Crippen LogP) is 4.05. The van der Waals surface area contributed by atoms with Crippen LogP contribution in [0.1, 0.15) is 69.2 Å². The van der Waals surface area contributed by atoms with E-state index in [4.69, 9.17) is 14.2 Å². The van der Waals surface area contributed by atoms with E-state index in [9.17, 15) is 23.4 Å². The molecule has 2 aromatic carbocycles. The molecular weight excluding hydrogens is 536 g/mol. The summed E-state index contributed by atoms with van der Waals surface area (Å²) in [6.45, 7) is 4.19. The maximum atomic E-state index is 13.7. The zero-order valence-electron chi connectivity index (χ0n) is 23.2. The first-order valence-electron chi connectivity index (χ1n) is 14.0. The second kappa shape index (κ2) is 13.6. The second-order valence-corrected chi connectivity index (χ2v) is 12.7. The Bertz CT molecular complexity index is 1270. The number of benzene rings is 2. The minimum atomic E-state index is -4.00. The number of phenolic OH excluding ortho intramolecular Hbond substituents is 1. The number of hydrogen-bond donors (Lipinski definition) is 3. The van der Waals surface area contributed by atoms with E-state index in [1.807, 2.05) is 13.8 Å². The van der Waals surface area contributed by atoms with Gasteiger partial charge < -0.3 is 29.7 Å². The second-order valence-electron chi connectivity index (χ2n) is 10.8. The maximum absolute atomic E-state index is 13.7. The van der Waals surface area contributed by atoms with Crippen LogP contribution in [0.5, 0.6) is 23.0 Å². The Kier molecular flexibility index (Phi) is 10.2. The van der Waals surface area contributed by atoms with Crippen molar-refractivity contribution in [3.8, 4) is 23.0 Å². The number of ether oxygens (including phenoxy) is 3. The average Bonchev–Trinajstić information content (AvgIpc) is 3.39. The van der Waals surface area contributed by atoms with Crippen molar-refractivity contribution in [1.29, 1.82) is 0 Å². The number of hydrogen-bond acceptors (Lipinski definition) is 8. The number of phenols is 1. The molecule has 3 N–H and O–H groups in total. The number of nitrogens with zero attached hydrogens (tertiary/aromatic N) is 1. The normalized spacial score (nSPS) is 19.4. The summed E-state index contributed by atoms with van der Waals surface area (Å²) in [5.41, 5.74) is 0.168. The maximum Gasteiger partial charge on any atom is 0.255 e. The van der Waals surface area contributed by atoms with Crippen LogP contribution in [0.25, 0.3) is 0 Å². The van der Waals surface area contributed by atoms with E-state index in [1.165, 1.54) is 22.5 Å². The molecule has 10 nitrogen and oxygen atoms in total. The first-order valence-corrected chi connectivity index (χ1v) is 15.4. The Morgan fingerprint density at radius 3 is 2.48 bits per heavy atom. The molecule has 2 unspecified atom stereocenters. The largest absolute Gasteiger partial charge is 0.504 e. The smallest absolute Gasteiger partial charge is 0.255 e. The number of nitrogens with one attached hydrogen (secondary N) is 1. The van der Waals surface area contributed by atoms with Crippen LogP contribution in [0.4, 0.5) is 0 Å². The van der Waals surface area contributed by atoms with E-state index in [2.05, 4.69) is 5.32 Å². The van der Waals surface area contributed by atoms with E-state index in [0.29, 0.717) is 24.5 Å². The van der Waals surface area contributed by atoms with Crippen LogP contribution >= 0.6 is 0 Å². The Balaban J connectivity index is 1.58. The third-order valence-corrected chi connectivity index (χ3v) is 8.94. The van der Waals surface area contributed by atoms with Gasteiger partial charge in [0, 0.05) is 19.2 Å². The molecule has 0 saturated carbocycles. The summed E-state index contributed by atoms with van der Waals surface area (Å²) in [6, 6.07) is 8.34. The number of aliphatic hydroxyl groups excluding tert-OH is 1. The van der Waals surface area contributed by atoms with Crippen molar-refractivity contribution < 1.29 is 37.6 Å². The Morgan fingerprint density at radius 1 is 0.975 bits per heavy atom. The zero-order chi connectivity index (χ0) is 28.7. The van der Waals surface area contributed by atoms with Gasteiger partial charge in [0.1, 0.15) is 0 Å². The van der Waals surface area contributed by atoms with Crippen LogP contribution in [0, 0.1) is 5.92 Å². The number of para-hydroxylation sites is 1. The van der Waals surface area contributed by atoms with Gasteiger partial charge in [0.25, 0.3) is 5.91 Å². The first kappa shape index (κ1) is 30.0. The summed E-state index contributed by atoms with van der Waals surface area (Å²) in [7, 11) is -4.00. The van der Waals surface area contributed by atoms with Crippen molar-refractivity contribution in [2.45, 2.75) is 75.8 Å². The number of aliphatic hydroxyl groups is 1. The Morgan fingerprint density at radius 2 is 1.70 bits per heavy atom. The van der Waals surface area contributed by atoms with Gasteiger partial charge in [0.15, 0.2) is 23.0 Å². The van der Waals surface area contributed by atoms with Crippen LogP contribution in [0.2, 0.25) is 0 Å². The predicted molar refractivity (Wildman–Crippen MR) is 149 cm³/mol. The lowest BCUT2D eigenvalue weighted by Crippen LogP contribution is -2.50. The number of fused-ring (bicyclic) bond motifs is 2. The van der Waals surface area contributed by atoms with Crippen LogP contribution in [0.3, 0.4) is 0 Å². The first-order chi connectivity index (χ1) is 19.2. The molecule has 1 amide bonds. The fourth-order valence-electron chi connectivity index (χ4n) is 5.01. The molecule has 4 rings (SSSR count). The van der Waals surface area contributed by atoms with Gasteiger partial charge >= 0.3 is 0 Å². The number of rotatable bonds is 7. The van der Waals surface area contributed by atoms with E-state index < -0.39 is 28.1 Å². The summed E-state index contributed by atoms with van der Waals surface area (Å²) in [6.07, 6.45) is 4.84. The molecule has 2 heterocycles. The van der Waals surface area contributed by atoms with Gasteiger partial charge in [0.2, 0.25) is 16.8 Å². The van der Waals surface area contributed by atoms with Crippen molar-refractivity contribution in [1.82, 2.24) is 9.62 Å². The minimum Gasteiger partial charge on any atom is -0.504 e. The molecule has 0 radical (unpaired) electrons. The lowest BCUT2D eigenvalue weighted by atomic mass is 10.0. The third-order valence-electron chi connectivity index (χ3n) is 7.12. The monoisotopic (exact) mass is 576 g/mol. The van der Waals surface area contributed by atoms with Gasteiger partial charge in [-0.3, -0.25) is 4.79 Å². The van der Waals surface area contributed by atoms with Gasteiger partial charge in [-0.15, -0.1) is 0 Å². The van der Waals surface area contributed by atoms with Crippen molar-refractivity contribution in [2.24, 2.45) is 5.92 Å². The highest BCUT2D eigenvalue weighted by Crippen LogP contribution is 2.35. The molecule has 0 fully saturated rings. The molecule has 2 atom stereocenters. The third kappa shape index (κ3) is 7.38. The molecule has 220 valence electrons. The number of aromatic hydroxyl groups is 1. The van der Waals surface area contributed by atoms with Gasteiger partial charge in [-0.25, -0.2) is 8.42 Å². The topological polar surface area (TPSA) is 135 Å². The summed E-state index contributed by atoms with van der Waals surface area (Å²) in [5, 5.41) is 24.7. The molecule has 40 heavy (non-hydrogen) atoms. The number of carbonyl (C=O) groups is 1. The van der Waals surface area contributed by atoms with Gasteiger partial charge in [0.05, 0.1) is 29.2 Å². The van der Waals surface area contributed by atoms with Crippen LogP contribution in [-0.4, -0.2) is 67.5 Å². The highest BCUT2D eigenvalue weighted by molar-refractivity contribution is 7.89. The van der Waals surface area contributed by atoms with E-state index in [1.54, 1.807) is 18.2 Å². The Hall–Kier alpha value is -3.02. The van der Waals surface area contributed by atoms with Crippen molar-refractivity contribution in [3.63, 3.8) is 0 Å². The fraction of sp³-hybridized carbons (Fsp3) is 0.552. The van der Waals surface area contributed by atoms with Crippen molar-refractivity contribution in [3.05, 3.63) is 42.0 Å². The molecule has 0 saturated heterocycles. The summed E-state index contributed by atoms with van der Waals surface area (Å²) < 4.78 is 45.2. The van der Waals surface area contributed by atoms with E-state index in [0.717, 1.165) is 38.5 Å². The fourth-order valence-corrected chi connectivity index (χ4v) is 6.65. The number of amides is 1. The van der Waals surface area contributed by atoms with Crippen LogP contribution < -0.4 is 19.5 Å². The van der Waals surface area contributed by atoms with Gasteiger partial charge in [-0.2, -0.15) is 4.31 Å². The molecule has 2 aliphatic heterocycles. The van der Waals surface area contributed by atoms with Crippen molar-refractivity contribution in [2.75, 3.05) is 26.5 Å². The summed E-state index contributed by atoms with van der Waals surface area (Å²) in [5.74, 6) is 0.301. The van der Waals surface area contributed by atoms with Gasteiger partial charge in [-0.05, 0) is 43.0 Å². The Labute approximate surface area is 236 Å². The lowest BCUT2D eigenvalue weighted by molar-refractivity contribution is 0.0750. The molecule has 0 aromatic heterocycles. The van der Waals surface area contributed by atoms with E-state index >= 15 is 0 Å². The molecule has 2 aliphatic rings. The molecule has 11 heteroatoms. The molecule has 2 aromatic rings. The van der Waals surface area contributed by atoms with Crippen molar-refractivity contribution >= 4 is 15.9 Å². The highest BCUT2D eigenvalue weighted by atomic mass is 32.2. The summed E-state index contributed by atoms with van der Waals surface area (Å²) in [4.78, 5) is 13.4. The van der Waals surface area contributed by atoms with Crippen LogP contribution in [0.15, 0.2) is 41.3 Å². The summed E-state index contributed by atoms with van der Waals surface area (Å²) >= 11 is 0. The molecular formula is C29H40N2O8S. The lowest BCUT2D eigenvalue weighted by Gasteiger charge is -2.31. The number of carbonyl (C=O) groups excluding carboxylic acids is 1. The number of sulfonamides is 1. The molecule has 0 spiro atoms. The molecule has 0 aliphatic carbocycles. The molecule has 0 bridgehead atoms.